The number of amides is 2. The van der Waals surface area contributed by atoms with Gasteiger partial charge in [0.1, 0.15) is 5.01 Å². The maximum absolute atomic E-state index is 12.1. The average Bonchev–Trinajstić information content (AvgIpc) is 3.15. The molecule has 2 N–H and O–H groups in total. The first-order valence-electron chi connectivity index (χ1n) is 9.66. The van der Waals surface area contributed by atoms with Crippen molar-refractivity contribution < 1.29 is 19.1 Å². The number of aryl methyl sites for hydroxylation is 3. The highest BCUT2D eigenvalue weighted by Gasteiger charge is 2.11. The Morgan fingerprint density at radius 1 is 1.06 bits per heavy atom. The highest BCUT2D eigenvalue weighted by Crippen LogP contribution is 2.23. The summed E-state index contributed by atoms with van der Waals surface area (Å²) in [4.78, 5) is 40.2. The van der Waals surface area contributed by atoms with Crippen LogP contribution in [0.3, 0.4) is 0 Å². The van der Waals surface area contributed by atoms with E-state index in [1.807, 2.05) is 57.2 Å². The number of carbonyl (C=O) groups excluding carboxylic acids is 3. The van der Waals surface area contributed by atoms with Gasteiger partial charge < -0.3 is 15.4 Å². The SMILES string of the molecule is Cc1cc(C)c(NC(=O)CNC(=O)COC(=O)/C=C/c2nc3ccccc3s2)c(C)c1. The van der Waals surface area contributed by atoms with Crippen molar-refractivity contribution in [1.29, 1.82) is 0 Å². The number of rotatable bonds is 7. The number of carbonyl (C=O) groups is 3. The Morgan fingerprint density at radius 2 is 1.77 bits per heavy atom. The molecule has 0 atom stereocenters. The molecule has 0 bridgehead atoms. The number of anilines is 1. The Morgan fingerprint density at radius 3 is 2.48 bits per heavy atom. The maximum atomic E-state index is 12.1. The van der Waals surface area contributed by atoms with Gasteiger partial charge in [-0.3, -0.25) is 9.59 Å². The molecule has 2 aromatic carbocycles. The van der Waals surface area contributed by atoms with E-state index in [0.717, 1.165) is 32.6 Å². The van der Waals surface area contributed by atoms with Gasteiger partial charge in [-0.25, -0.2) is 9.78 Å². The quantitative estimate of drug-likeness (QED) is 0.435. The number of aromatic nitrogens is 1. The van der Waals surface area contributed by atoms with E-state index in [1.165, 1.54) is 17.4 Å². The highest BCUT2D eigenvalue weighted by molar-refractivity contribution is 7.19. The van der Waals surface area contributed by atoms with Gasteiger partial charge in [-0.2, -0.15) is 0 Å². The van der Waals surface area contributed by atoms with E-state index in [4.69, 9.17) is 4.74 Å². The van der Waals surface area contributed by atoms with E-state index >= 15 is 0 Å². The van der Waals surface area contributed by atoms with Gasteiger partial charge in [-0.15, -0.1) is 11.3 Å². The molecule has 1 aromatic heterocycles. The van der Waals surface area contributed by atoms with Crippen LogP contribution in [0.5, 0.6) is 0 Å². The summed E-state index contributed by atoms with van der Waals surface area (Å²) in [5, 5.41) is 5.90. The van der Waals surface area contributed by atoms with Crippen LogP contribution >= 0.6 is 11.3 Å². The first kappa shape index (κ1) is 22.2. The maximum Gasteiger partial charge on any atom is 0.331 e. The molecule has 0 saturated heterocycles. The predicted octanol–water partition coefficient (Wildman–Crippen LogP) is 3.53. The second kappa shape index (κ2) is 9.99. The zero-order chi connectivity index (χ0) is 22.4. The molecule has 2 amide bonds. The largest absolute Gasteiger partial charge is 0.452 e. The lowest BCUT2D eigenvalue weighted by Gasteiger charge is -2.13. The van der Waals surface area contributed by atoms with Gasteiger partial charge in [-0.05, 0) is 50.1 Å². The molecule has 0 aliphatic heterocycles. The molecule has 3 rings (SSSR count). The second-order valence-corrected chi connectivity index (χ2v) is 8.12. The number of hydrogen-bond donors (Lipinski definition) is 2. The van der Waals surface area contributed by atoms with Crippen molar-refractivity contribution in [1.82, 2.24) is 10.3 Å². The normalized spacial score (nSPS) is 10.9. The first-order valence-corrected chi connectivity index (χ1v) is 10.5. The van der Waals surface area contributed by atoms with Crippen LogP contribution in [0.25, 0.3) is 16.3 Å². The smallest absolute Gasteiger partial charge is 0.331 e. The van der Waals surface area contributed by atoms with Gasteiger partial charge in [0.15, 0.2) is 6.61 Å². The van der Waals surface area contributed by atoms with Gasteiger partial charge in [0.2, 0.25) is 5.91 Å². The number of fused-ring (bicyclic) bond motifs is 1. The molecule has 31 heavy (non-hydrogen) atoms. The van der Waals surface area contributed by atoms with E-state index in [-0.39, 0.29) is 12.5 Å². The highest BCUT2D eigenvalue weighted by atomic mass is 32.1. The molecule has 8 heteroatoms. The average molecular weight is 438 g/mol. The van der Waals surface area contributed by atoms with Crippen molar-refractivity contribution in [2.45, 2.75) is 20.8 Å². The lowest BCUT2D eigenvalue weighted by atomic mass is 10.1. The van der Waals surface area contributed by atoms with Crippen molar-refractivity contribution >= 4 is 51.1 Å². The van der Waals surface area contributed by atoms with Gasteiger partial charge >= 0.3 is 5.97 Å². The van der Waals surface area contributed by atoms with E-state index in [9.17, 15) is 14.4 Å². The monoisotopic (exact) mass is 437 g/mol. The van der Waals surface area contributed by atoms with E-state index < -0.39 is 18.5 Å². The zero-order valence-electron chi connectivity index (χ0n) is 17.5. The van der Waals surface area contributed by atoms with Crippen molar-refractivity contribution in [3.8, 4) is 0 Å². The molecule has 0 aliphatic rings. The molecule has 160 valence electrons. The Labute approximate surface area is 184 Å². The van der Waals surface area contributed by atoms with Crippen molar-refractivity contribution in [3.63, 3.8) is 0 Å². The fourth-order valence-corrected chi connectivity index (χ4v) is 3.95. The Balaban J connectivity index is 1.42. The molecule has 0 fully saturated rings. The summed E-state index contributed by atoms with van der Waals surface area (Å²) < 4.78 is 5.93. The van der Waals surface area contributed by atoms with E-state index in [0.29, 0.717) is 5.01 Å². The number of nitrogens with one attached hydrogen (secondary N) is 2. The number of esters is 1. The minimum Gasteiger partial charge on any atom is -0.452 e. The summed E-state index contributed by atoms with van der Waals surface area (Å²) in [5.41, 5.74) is 4.60. The summed E-state index contributed by atoms with van der Waals surface area (Å²) in [6.45, 7) is 5.12. The molecule has 0 spiro atoms. The summed E-state index contributed by atoms with van der Waals surface area (Å²) in [7, 11) is 0. The number of thiazole rings is 1. The summed E-state index contributed by atoms with van der Waals surface area (Å²) in [5.74, 6) is -1.58. The van der Waals surface area contributed by atoms with Crippen molar-refractivity contribution in [3.05, 3.63) is 64.2 Å². The van der Waals surface area contributed by atoms with Crippen LogP contribution in [0, 0.1) is 20.8 Å². The Hall–Kier alpha value is -3.52. The second-order valence-electron chi connectivity index (χ2n) is 7.06. The third kappa shape index (κ3) is 6.23. The standard InChI is InChI=1S/C23H23N3O4S/c1-14-10-15(2)23(16(3)11-14)26-19(27)12-24-20(28)13-30-22(29)9-8-21-25-17-6-4-5-7-18(17)31-21/h4-11H,12-13H2,1-3H3,(H,24,28)(H,26,27)/b9-8+. The lowest BCUT2D eigenvalue weighted by Crippen LogP contribution is -2.35. The molecule has 7 nitrogen and oxygen atoms in total. The van der Waals surface area contributed by atoms with Crippen LogP contribution in [-0.4, -0.2) is 35.9 Å². The molecule has 0 saturated carbocycles. The fraction of sp³-hybridized carbons (Fsp3) is 0.217. The molecule has 0 unspecified atom stereocenters. The summed E-state index contributed by atoms with van der Waals surface area (Å²) >= 11 is 1.45. The lowest BCUT2D eigenvalue weighted by molar-refractivity contribution is -0.143. The van der Waals surface area contributed by atoms with E-state index in [1.54, 1.807) is 6.08 Å². The molecular weight excluding hydrogens is 414 g/mol. The third-order valence-electron chi connectivity index (χ3n) is 4.41. The third-order valence-corrected chi connectivity index (χ3v) is 5.41. The molecular formula is C23H23N3O4S. The number of para-hydroxylation sites is 1. The van der Waals surface area contributed by atoms with Crippen molar-refractivity contribution in [2.75, 3.05) is 18.5 Å². The number of ether oxygens (including phenoxy) is 1. The van der Waals surface area contributed by atoms with E-state index in [2.05, 4.69) is 15.6 Å². The number of hydrogen-bond acceptors (Lipinski definition) is 6. The minimum absolute atomic E-state index is 0.218. The predicted molar refractivity (Wildman–Crippen MR) is 122 cm³/mol. The number of nitrogens with zero attached hydrogens (tertiary/aromatic N) is 1. The van der Waals surface area contributed by atoms with Crippen LogP contribution in [0.15, 0.2) is 42.5 Å². The summed E-state index contributed by atoms with van der Waals surface area (Å²) in [6, 6.07) is 11.6. The van der Waals surface area contributed by atoms with Crippen LogP contribution in [0.2, 0.25) is 0 Å². The van der Waals surface area contributed by atoms with Gasteiger partial charge in [0.05, 0.1) is 16.8 Å². The fourth-order valence-electron chi connectivity index (χ4n) is 3.08. The summed E-state index contributed by atoms with van der Waals surface area (Å²) in [6.07, 6.45) is 2.77. The van der Waals surface area contributed by atoms with Crippen LogP contribution in [0.4, 0.5) is 5.69 Å². The van der Waals surface area contributed by atoms with Crippen LogP contribution < -0.4 is 10.6 Å². The van der Waals surface area contributed by atoms with Gasteiger partial charge in [0, 0.05) is 11.8 Å². The minimum atomic E-state index is -0.662. The molecule has 3 aromatic rings. The van der Waals surface area contributed by atoms with Gasteiger partial charge in [-0.1, -0.05) is 29.8 Å². The number of benzene rings is 2. The Bertz CT molecular complexity index is 1110. The van der Waals surface area contributed by atoms with Crippen molar-refractivity contribution in [2.24, 2.45) is 0 Å². The van der Waals surface area contributed by atoms with Crippen LogP contribution in [0.1, 0.15) is 21.7 Å². The molecule has 0 radical (unpaired) electrons. The first-order chi connectivity index (χ1) is 14.8. The molecule has 1 heterocycles. The zero-order valence-corrected chi connectivity index (χ0v) is 18.3. The topological polar surface area (TPSA) is 97.4 Å². The molecule has 0 aliphatic carbocycles. The van der Waals surface area contributed by atoms with Gasteiger partial charge in [0.25, 0.3) is 5.91 Å². The Kier molecular flexibility index (Phi) is 7.15. The van der Waals surface area contributed by atoms with Crippen LogP contribution in [-0.2, 0) is 19.1 Å².